The van der Waals surface area contributed by atoms with Crippen LogP contribution in [-0.2, 0) is 21.2 Å². The second-order valence-corrected chi connectivity index (χ2v) is 9.20. The molecular weight excluding hydrogens is 402 g/mol. The summed E-state index contributed by atoms with van der Waals surface area (Å²) in [5, 5.41) is 1.39. The number of fused-ring (bicyclic) bond motifs is 4. The number of amides is 1. The van der Waals surface area contributed by atoms with Crippen molar-refractivity contribution in [2.45, 2.75) is 30.1 Å². The summed E-state index contributed by atoms with van der Waals surface area (Å²) in [7, 11) is -4.01. The maximum atomic E-state index is 13.1. The number of benzene rings is 3. The normalized spacial score (nSPS) is 17.9. The van der Waals surface area contributed by atoms with E-state index in [0.717, 1.165) is 29.4 Å². The molecule has 1 atom stereocenters. The van der Waals surface area contributed by atoms with Crippen LogP contribution in [0.5, 0.6) is 11.5 Å². The number of hydrogen-bond donors (Lipinski definition) is 1. The van der Waals surface area contributed by atoms with Gasteiger partial charge in [-0.3, -0.25) is 4.79 Å². The topological polar surface area (TPSA) is 81.7 Å². The molecule has 7 heteroatoms. The van der Waals surface area contributed by atoms with E-state index in [9.17, 15) is 13.2 Å². The van der Waals surface area contributed by atoms with Gasteiger partial charge >= 0.3 is 0 Å². The Kier molecular flexibility index (Phi) is 4.62. The highest BCUT2D eigenvalue weighted by Gasteiger charge is 2.33. The van der Waals surface area contributed by atoms with Crippen molar-refractivity contribution in [1.82, 2.24) is 4.72 Å². The van der Waals surface area contributed by atoms with Gasteiger partial charge in [-0.05, 0) is 42.3 Å². The second kappa shape index (κ2) is 7.32. The Balaban J connectivity index is 1.48. The summed E-state index contributed by atoms with van der Waals surface area (Å²) in [6.45, 7) is 0.967. The van der Waals surface area contributed by atoms with E-state index in [1.165, 1.54) is 6.07 Å². The molecule has 30 heavy (non-hydrogen) atoms. The summed E-state index contributed by atoms with van der Waals surface area (Å²) in [5.41, 5.74) is 1.76. The van der Waals surface area contributed by atoms with Crippen molar-refractivity contribution >= 4 is 26.7 Å². The van der Waals surface area contributed by atoms with Gasteiger partial charge in [0.25, 0.3) is 10.0 Å². The molecule has 0 radical (unpaired) electrons. The highest BCUT2D eigenvalue weighted by molar-refractivity contribution is 7.90. The summed E-state index contributed by atoms with van der Waals surface area (Å²) in [6, 6.07) is 15.9. The van der Waals surface area contributed by atoms with Crippen LogP contribution >= 0.6 is 0 Å². The largest absolute Gasteiger partial charge is 0.486 e. The quantitative estimate of drug-likeness (QED) is 0.697. The van der Waals surface area contributed by atoms with Gasteiger partial charge in [-0.2, -0.15) is 0 Å². The zero-order valence-corrected chi connectivity index (χ0v) is 17.1. The van der Waals surface area contributed by atoms with E-state index < -0.39 is 21.8 Å². The SMILES string of the molecule is O=C(NS(=O)(=O)c1cccc2ccccc12)C1CCCc2c1ccc1c2OCCO1. The van der Waals surface area contributed by atoms with E-state index in [-0.39, 0.29) is 4.90 Å². The number of ether oxygens (including phenoxy) is 2. The molecule has 5 rings (SSSR count). The molecule has 0 spiro atoms. The Morgan fingerprint density at radius 1 is 0.967 bits per heavy atom. The second-order valence-electron chi connectivity index (χ2n) is 7.55. The molecule has 1 aliphatic carbocycles. The first-order chi connectivity index (χ1) is 14.5. The predicted octanol–water partition coefficient (Wildman–Crippen LogP) is 3.54. The lowest BCUT2D eigenvalue weighted by atomic mass is 9.81. The molecule has 0 bridgehead atoms. The first kappa shape index (κ1) is 18.9. The predicted molar refractivity (Wildman–Crippen MR) is 112 cm³/mol. The van der Waals surface area contributed by atoms with Gasteiger partial charge in [-0.25, -0.2) is 13.1 Å². The fraction of sp³-hybridized carbons (Fsp3) is 0.261. The first-order valence-corrected chi connectivity index (χ1v) is 11.5. The Bertz CT molecular complexity index is 1250. The minimum absolute atomic E-state index is 0.104. The minimum atomic E-state index is -4.01. The van der Waals surface area contributed by atoms with Crippen molar-refractivity contribution in [1.29, 1.82) is 0 Å². The molecule has 0 saturated heterocycles. The van der Waals surface area contributed by atoms with Crippen molar-refractivity contribution in [3.05, 3.63) is 65.7 Å². The van der Waals surface area contributed by atoms with Crippen LogP contribution in [0.3, 0.4) is 0 Å². The zero-order chi connectivity index (χ0) is 20.7. The molecule has 6 nitrogen and oxygen atoms in total. The van der Waals surface area contributed by atoms with Crippen LogP contribution in [-0.4, -0.2) is 27.5 Å². The lowest BCUT2D eigenvalue weighted by Crippen LogP contribution is -2.36. The van der Waals surface area contributed by atoms with Gasteiger partial charge in [0.2, 0.25) is 5.91 Å². The average molecular weight is 423 g/mol. The van der Waals surface area contributed by atoms with E-state index in [4.69, 9.17) is 9.47 Å². The molecule has 0 aromatic heterocycles. The van der Waals surface area contributed by atoms with Gasteiger partial charge in [0.05, 0.1) is 10.8 Å². The van der Waals surface area contributed by atoms with Crippen LogP contribution in [0.4, 0.5) is 0 Å². The number of sulfonamides is 1. The van der Waals surface area contributed by atoms with Crippen molar-refractivity contribution in [2.24, 2.45) is 0 Å². The zero-order valence-electron chi connectivity index (χ0n) is 16.3. The van der Waals surface area contributed by atoms with Gasteiger partial charge in [-0.1, -0.05) is 42.5 Å². The summed E-state index contributed by atoms with van der Waals surface area (Å²) in [5.74, 6) is 0.312. The van der Waals surface area contributed by atoms with Crippen molar-refractivity contribution in [3.8, 4) is 11.5 Å². The Labute approximate surface area is 174 Å². The molecule has 3 aromatic rings. The van der Waals surface area contributed by atoms with Crippen LogP contribution < -0.4 is 14.2 Å². The summed E-state index contributed by atoms with van der Waals surface area (Å²) in [4.78, 5) is 13.2. The Morgan fingerprint density at radius 3 is 2.67 bits per heavy atom. The molecule has 0 fully saturated rings. The van der Waals surface area contributed by atoms with E-state index in [1.807, 2.05) is 24.3 Å². The van der Waals surface area contributed by atoms with Crippen LogP contribution in [0.15, 0.2) is 59.5 Å². The molecular formula is C23H21NO5S. The molecule has 2 aliphatic rings. The lowest BCUT2D eigenvalue weighted by Gasteiger charge is -2.29. The average Bonchev–Trinajstić information content (AvgIpc) is 2.77. The molecule has 1 unspecified atom stereocenters. The number of nitrogens with one attached hydrogen (secondary N) is 1. The lowest BCUT2D eigenvalue weighted by molar-refractivity contribution is -0.121. The fourth-order valence-electron chi connectivity index (χ4n) is 4.37. The van der Waals surface area contributed by atoms with Crippen LogP contribution in [0.1, 0.15) is 29.9 Å². The maximum absolute atomic E-state index is 13.1. The third-order valence-electron chi connectivity index (χ3n) is 5.73. The monoisotopic (exact) mass is 423 g/mol. The first-order valence-electron chi connectivity index (χ1n) is 10.0. The van der Waals surface area contributed by atoms with Crippen LogP contribution in [0, 0.1) is 0 Å². The van der Waals surface area contributed by atoms with Gasteiger partial charge in [-0.15, -0.1) is 0 Å². The fourth-order valence-corrected chi connectivity index (χ4v) is 5.62. The minimum Gasteiger partial charge on any atom is -0.486 e. The molecule has 1 amide bonds. The highest BCUT2D eigenvalue weighted by Crippen LogP contribution is 2.43. The molecule has 1 aliphatic heterocycles. The van der Waals surface area contributed by atoms with Gasteiger partial charge < -0.3 is 9.47 Å². The molecule has 0 saturated carbocycles. The molecule has 1 heterocycles. The van der Waals surface area contributed by atoms with Gasteiger partial charge in [0.1, 0.15) is 13.2 Å². The number of carbonyl (C=O) groups excluding carboxylic acids is 1. The van der Waals surface area contributed by atoms with E-state index in [1.54, 1.807) is 24.3 Å². The molecule has 154 valence electrons. The molecule has 3 aromatic carbocycles. The third kappa shape index (κ3) is 3.19. The number of carbonyl (C=O) groups is 1. The summed E-state index contributed by atoms with van der Waals surface area (Å²) >= 11 is 0. The Morgan fingerprint density at radius 2 is 1.77 bits per heavy atom. The van der Waals surface area contributed by atoms with Crippen LogP contribution in [0.25, 0.3) is 10.8 Å². The Hall–Kier alpha value is -3.06. The van der Waals surface area contributed by atoms with E-state index >= 15 is 0 Å². The van der Waals surface area contributed by atoms with Gasteiger partial charge in [0.15, 0.2) is 11.5 Å². The standard InChI is InChI=1S/C23H21NO5S/c25-23(24-30(26,27)21-10-3-6-15-5-1-2-7-16(15)21)19-9-4-8-18-17(19)11-12-20-22(18)29-14-13-28-20/h1-3,5-7,10-12,19H,4,8-9,13-14H2,(H,24,25). The highest BCUT2D eigenvalue weighted by atomic mass is 32.2. The summed E-state index contributed by atoms with van der Waals surface area (Å²) < 4.78 is 39.9. The van der Waals surface area contributed by atoms with Gasteiger partial charge in [0, 0.05) is 10.9 Å². The number of rotatable bonds is 3. The third-order valence-corrected chi connectivity index (χ3v) is 7.14. The number of hydrogen-bond acceptors (Lipinski definition) is 5. The maximum Gasteiger partial charge on any atom is 0.264 e. The van der Waals surface area contributed by atoms with Crippen molar-refractivity contribution < 1.29 is 22.7 Å². The summed E-state index contributed by atoms with van der Waals surface area (Å²) in [6.07, 6.45) is 2.14. The van der Waals surface area contributed by atoms with Crippen molar-refractivity contribution in [2.75, 3.05) is 13.2 Å². The molecule has 1 N–H and O–H groups in total. The smallest absolute Gasteiger partial charge is 0.264 e. The van der Waals surface area contributed by atoms with Crippen LogP contribution in [0.2, 0.25) is 0 Å². The van der Waals surface area contributed by atoms with E-state index in [0.29, 0.717) is 36.5 Å². The van der Waals surface area contributed by atoms with Crippen molar-refractivity contribution in [3.63, 3.8) is 0 Å². The van der Waals surface area contributed by atoms with E-state index in [2.05, 4.69) is 4.72 Å².